The average Bonchev–Trinajstić information content (AvgIpc) is 3.34. The number of ether oxygens (including phenoxy) is 1. The van der Waals surface area contributed by atoms with Gasteiger partial charge in [0, 0.05) is 71.2 Å². The van der Waals surface area contributed by atoms with Crippen LogP contribution in [0, 0.1) is 0 Å². The molecule has 0 aromatic heterocycles. The number of nitrogens with zero attached hydrogens (tertiary/aromatic N) is 3. The van der Waals surface area contributed by atoms with Crippen molar-refractivity contribution < 1.29 is 24.2 Å². The van der Waals surface area contributed by atoms with E-state index in [9.17, 15) is 19.5 Å². The van der Waals surface area contributed by atoms with E-state index >= 15 is 0 Å². The number of rotatable bonds is 4. The SMILES string of the molecule is COC(=O)c1cccc2c(Cl)ccc(C(=O)N3C[C@H](O)[C@@H](N4CCN(C(=O)c5ccc(Cl)cc5)CC4)C3)c12. The predicted molar refractivity (Wildman–Crippen MR) is 145 cm³/mol. The molecule has 3 aromatic carbocycles. The quantitative estimate of drug-likeness (QED) is 0.495. The second-order valence-corrected chi connectivity index (χ2v) is 10.3. The Balaban J connectivity index is 1.30. The van der Waals surface area contributed by atoms with Crippen LogP contribution in [0.5, 0.6) is 0 Å². The summed E-state index contributed by atoms with van der Waals surface area (Å²) in [4.78, 5) is 44.5. The van der Waals surface area contributed by atoms with E-state index in [2.05, 4.69) is 4.90 Å². The number of carbonyl (C=O) groups excluding carboxylic acids is 3. The molecule has 0 spiro atoms. The zero-order valence-electron chi connectivity index (χ0n) is 20.8. The summed E-state index contributed by atoms with van der Waals surface area (Å²) >= 11 is 12.3. The Hall–Kier alpha value is -3.17. The van der Waals surface area contributed by atoms with Gasteiger partial charge >= 0.3 is 5.97 Å². The minimum Gasteiger partial charge on any atom is -0.465 e. The number of fused-ring (bicyclic) bond motifs is 1. The van der Waals surface area contributed by atoms with Crippen LogP contribution in [0.1, 0.15) is 31.1 Å². The van der Waals surface area contributed by atoms with Gasteiger partial charge in [-0.05, 0) is 42.5 Å². The lowest BCUT2D eigenvalue weighted by Gasteiger charge is -2.38. The molecule has 5 rings (SSSR count). The fourth-order valence-corrected chi connectivity index (χ4v) is 5.67. The number of methoxy groups -OCH3 is 1. The average molecular weight is 556 g/mol. The number of hydrogen-bond donors (Lipinski definition) is 1. The lowest BCUT2D eigenvalue weighted by atomic mass is 9.98. The summed E-state index contributed by atoms with van der Waals surface area (Å²) in [6.45, 7) is 2.69. The Labute approximate surface area is 230 Å². The van der Waals surface area contributed by atoms with E-state index in [1.54, 1.807) is 64.4 Å². The molecular formula is C28H27Cl2N3O5. The highest BCUT2D eigenvalue weighted by atomic mass is 35.5. The van der Waals surface area contributed by atoms with Gasteiger partial charge < -0.3 is 19.6 Å². The molecule has 38 heavy (non-hydrogen) atoms. The summed E-state index contributed by atoms with van der Waals surface area (Å²) in [5.74, 6) is -0.903. The molecule has 0 aliphatic carbocycles. The number of esters is 1. The number of amides is 2. The Morgan fingerprint density at radius 2 is 1.55 bits per heavy atom. The van der Waals surface area contributed by atoms with Gasteiger partial charge in [0.05, 0.1) is 24.8 Å². The zero-order valence-corrected chi connectivity index (χ0v) is 22.3. The van der Waals surface area contributed by atoms with Crippen molar-refractivity contribution in [2.75, 3.05) is 46.4 Å². The topological polar surface area (TPSA) is 90.4 Å². The summed E-state index contributed by atoms with van der Waals surface area (Å²) in [5, 5.41) is 12.9. The van der Waals surface area contributed by atoms with Gasteiger partial charge in [-0.1, -0.05) is 35.3 Å². The van der Waals surface area contributed by atoms with Crippen LogP contribution >= 0.6 is 23.2 Å². The molecule has 1 N–H and O–H groups in total. The predicted octanol–water partition coefficient (Wildman–Crippen LogP) is 3.58. The number of likely N-dealkylation sites (tertiary alicyclic amines) is 1. The van der Waals surface area contributed by atoms with Crippen LogP contribution < -0.4 is 0 Å². The van der Waals surface area contributed by atoms with Gasteiger partial charge in [-0.3, -0.25) is 14.5 Å². The molecule has 0 bridgehead atoms. The zero-order chi connectivity index (χ0) is 27.0. The largest absolute Gasteiger partial charge is 0.465 e. The van der Waals surface area contributed by atoms with Crippen LogP contribution in [0.25, 0.3) is 10.8 Å². The van der Waals surface area contributed by atoms with Crippen LogP contribution in [0.3, 0.4) is 0 Å². The number of aliphatic hydroxyl groups excluding tert-OH is 1. The molecule has 0 unspecified atom stereocenters. The molecule has 2 atom stereocenters. The lowest BCUT2D eigenvalue weighted by molar-refractivity contribution is 0.0376. The molecule has 10 heteroatoms. The van der Waals surface area contributed by atoms with Gasteiger partial charge in [-0.15, -0.1) is 0 Å². The van der Waals surface area contributed by atoms with Crippen LogP contribution in [-0.4, -0.2) is 96.1 Å². The Morgan fingerprint density at radius 1 is 0.842 bits per heavy atom. The fraction of sp³-hybridized carbons (Fsp3) is 0.321. The number of halogens is 2. The van der Waals surface area contributed by atoms with Crippen molar-refractivity contribution in [2.24, 2.45) is 0 Å². The van der Waals surface area contributed by atoms with E-state index in [0.717, 1.165) is 0 Å². The molecule has 8 nitrogen and oxygen atoms in total. The Bertz CT molecular complexity index is 1390. The van der Waals surface area contributed by atoms with Crippen molar-refractivity contribution >= 4 is 51.8 Å². The molecule has 2 saturated heterocycles. The number of β-amino-alcohol motifs (C(OH)–C–C–N with tert-alkyl or cyclic N) is 1. The molecule has 2 aliphatic rings. The minimum absolute atomic E-state index is 0.0545. The molecule has 0 radical (unpaired) electrons. The number of hydrogen-bond acceptors (Lipinski definition) is 6. The molecule has 2 fully saturated rings. The molecule has 2 aliphatic heterocycles. The monoisotopic (exact) mass is 555 g/mol. The normalized spacial score (nSPS) is 20.1. The van der Waals surface area contributed by atoms with E-state index in [0.29, 0.717) is 64.7 Å². The van der Waals surface area contributed by atoms with Crippen LogP contribution in [0.15, 0.2) is 54.6 Å². The first-order valence-corrected chi connectivity index (χ1v) is 13.1. The smallest absolute Gasteiger partial charge is 0.338 e. The summed E-state index contributed by atoms with van der Waals surface area (Å²) in [7, 11) is 1.29. The summed E-state index contributed by atoms with van der Waals surface area (Å²) in [6, 6.07) is 14.9. The molecular weight excluding hydrogens is 529 g/mol. The van der Waals surface area contributed by atoms with Gasteiger partial charge in [-0.2, -0.15) is 0 Å². The first-order chi connectivity index (χ1) is 18.3. The van der Waals surface area contributed by atoms with Crippen molar-refractivity contribution in [3.05, 3.63) is 81.3 Å². The maximum Gasteiger partial charge on any atom is 0.338 e. The molecule has 2 amide bonds. The van der Waals surface area contributed by atoms with Crippen molar-refractivity contribution in [3.63, 3.8) is 0 Å². The van der Waals surface area contributed by atoms with Crippen molar-refractivity contribution in [2.45, 2.75) is 12.1 Å². The van der Waals surface area contributed by atoms with E-state index in [1.807, 2.05) is 0 Å². The number of carbonyl (C=O) groups is 3. The third-order valence-electron chi connectivity index (χ3n) is 7.33. The summed E-state index contributed by atoms with van der Waals surface area (Å²) in [5.41, 5.74) is 1.17. The first kappa shape index (κ1) is 26.4. The highest BCUT2D eigenvalue weighted by Gasteiger charge is 2.40. The van der Waals surface area contributed by atoms with Gasteiger partial charge in [0.1, 0.15) is 0 Å². The number of piperazine rings is 1. The van der Waals surface area contributed by atoms with Crippen molar-refractivity contribution in [3.8, 4) is 0 Å². The summed E-state index contributed by atoms with van der Waals surface area (Å²) < 4.78 is 4.93. The van der Waals surface area contributed by atoms with Crippen LogP contribution in [0.4, 0.5) is 0 Å². The van der Waals surface area contributed by atoms with Crippen molar-refractivity contribution in [1.29, 1.82) is 0 Å². The van der Waals surface area contributed by atoms with E-state index in [4.69, 9.17) is 27.9 Å². The van der Waals surface area contributed by atoms with Crippen LogP contribution in [-0.2, 0) is 4.74 Å². The van der Waals surface area contributed by atoms with E-state index < -0.39 is 12.1 Å². The van der Waals surface area contributed by atoms with Gasteiger partial charge in [-0.25, -0.2) is 4.79 Å². The standard InChI is InChI=1S/C28H27Cl2N3O5/c1-38-28(37)21-4-2-3-19-22(30)10-9-20(25(19)21)27(36)33-15-23(24(34)16-33)31-11-13-32(14-12-31)26(35)17-5-7-18(29)8-6-17/h2-10,23-24,34H,11-16H2,1H3/t23-,24-/m0/s1. The third kappa shape index (κ3) is 4.97. The van der Waals surface area contributed by atoms with Crippen molar-refractivity contribution in [1.82, 2.24) is 14.7 Å². The lowest BCUT2D eigenvalue weighted by Crippen LogP contribution is -2.54. The maximum absolute atomic E-state index is 13.7. The van der Waals surface area contributed by atoms with Gasteiger partial charge in [0.2, 0.25) is 0 Å². The summed E-state index contributed by atoms with van der Waals surface area (Å²) in [6.07, 6.45) is -0.740. The fourth-order valence-electron chi connectivity index (χ4n) is 5.33. The molecule has 0 saturated carbocycles. The molecule has 2 heterocycles. The minimum atomic E-state index is -0.740. The number of aliphatic hydroxyl groups is 1. The van der Waals surface area contributed by atoms with E-state index in [-0.39, 0.29) is 30.0 Å². The number of benzene rings is 3. The highest BCUT2D eigenvalue weighted by Crippen LogP contribution is 2.32. The van der Waals surface area contributed by atoms with Gasteiger partial charge in [0.25, 0.3) is 11.8 Å². The molecule has 198 valence electrons. The molecule has 3 aromatic rings. The van der Waals surface area contributed by atoms with Crippen LogP contribution in [0.2, 0.25) is 10.0 Å². The Morgan fingerprint density at radius 3 is 2.24 bits per heavy atom. The first-order valence-electron chi connectivity index (χ1n) is 12.3. The van der Waals surface area contributed by atoms with E-state index in [1.165, 1.54) is 7.11 Å². The second kappa shape index (κ2) is 10.9. The third-order valence-corrected chi connectivity index (χ3v) is 7.91. The Kier molecular flexibility index (Phi) is 7.59. The second-order valence-electron chi connectivity index (χ2n) is 9.49. The highest BCUT2D eigenvalue weighted by molar-refractivity contribution is 6.37. The van der Waals surface area contributed by atoms with Gasteiger partial charge in [0.15, 0.2) is 0 Å². The maximum atomic E-state index is 13.7.